The summed E-state index contributed by atoms with van der Waals surface area (Å²) in [6.45, 7) is 0. The predicted octanol–water partition coefficient (Wildman–Crippen LogP) is 0.749. The first-order valence-corrected chi connectivity index (χ1v) is 3.63. The van der Waals surface area contributed by atoms with Crippen LogP contribution >= 0.6 is 11.9 Å². The highest BCUT2D eigenvalue weighted by Crippen LogP contribution is 2.07. The third-order valence-electron chi connectivity index (χ3n) is 0.953. The molecule has 2 nitrogen and oxygen atoms in total. The Kier molecular flexibility index (Phi) is 2.21. The van der Waals surface area contributed by atoms with Gasteiger partial charge in [0.05, 0.1) is 6.42 Å². The Labute approximate surface area is 53.2 Å². The van der Waals surface area contributed by atoms with Crippen LogP contribution in [0.4, 0.5) is 0 Å². The zero-order valence-electron chi connectivity index (χ0n) is 4.52. The molecule has 0 atom stereocenters. The molecule has 0 spiro atoms. The molecule has 1 aliphatic heterocycles. The minimum absolute atomic E-state index is 0.0625. The van der Waals surface area contributed by atoms with E-state index < -0.39 is 0 Å². The lowest BCUT2D eigenvalue weighted by molar-refractivity contribution is -0.116. The number of hydrogen-bond donors (Lipinski definition) is 1. The maximum Gasteiger partial charge on any atom is 0.233 e. The van der Waals surface area contributed by atoms with Gasteiger partial charge < -0.3 is 0 Å². The summed E-state index contributed by atoms with van der Waals surface area (Å²) < 4.78 is 2.67. The monoisotopic (exact) mass is 130 g/mol. The third kappa shape index (κ3) is 1.74. The van der Waals surface area contributed by atoms with Crippen molar-refractivity contribution in [3.8, 4) is 0 Å². The Hall–Kier alpha value is -0.180. The van der Waals surface area contributed by atoms with Crippen LogP contribution in [0.2, 0.25) is 0 Å². The van der Waals surface area contributed by atoms with Gasteiger partial charge in [-0.05, 0) is 12.8 Å². The summed E-state index contributed by atoms with van der Waals surface area (Å²) in [5.74, 6) is 1.11. The van der Waals surface area contributed by atoms with E-state index in [2.05, 4.69) is 4.72 Å². The molecule has 1 saturated heterocycles. The van der Waals surface area contributed by atoms with E-state index in [0.29, 0.717) is 0 Å². The number of carbonyl (C=O) groups excluding carboxylic acids is 1. The molecule has 0 saturated carbocycles. The second-order valence-electron chi connectivity index (χ2n) is 1.66. The summed E-state index contributed by atoms with van der Waals surface area (Å²) in [6, 6.07) is 0. The summed E-state index contributed by atoms with van der Waals surface area (Å²) in [7, 11) is 0. The van der Waals surface area contributed by atoms with Gasteiger partial charge in [0.2, 0.25) is 5.91 Å². The van der Waals surface area contributed by atoms with Crippen molar-refractivity contribution < 1.29 is 4.79 Å². The highest BCUT2D eigenvalue weighted by molar-refractivity contribution is 7.97. The maximum absolute atomic E-state index is 10.5. The van der Waals surface area contributed by atoms with Gasteiger partial charge in [-0.25, -0.2) is 0 Å². The van der Waals surface area contributed by atoms with Gasteiger partial charge in [0, 0.05) is 5.75 Å². The number of hydrogen-bond acceptors (Lipinski definition) is 2. The van der Waals surface area contributed by atoms with Crippen LogP contribution in [0.5, 0.6) is 0 Å². The van der Waals surface area contributed by atoms with Crippen LogP contribution in [-0.2, 0) is 4.79 Å². The Morgan fingerprint density at radius 1 is 1.75 bits per heavy atom. The molecule has 8 heavy (non-hydrogen) atoms. The summed E-state index contributed by atoms with van der Waals surface area (Å²) >= 11 is 1.49. The molecule has 1 heterocycles. The molecule has 0 aromatic carbocycles. The molecular weight excluding hydrogens is 122 g/mol. The first kappa shape index (κ1) is 5.95. The van der Waals surface area contributed by atoms with E-state index in [1.807, 2.05) is 0 Å². The Morgan fingerprint density at radius 2 is 2.62 bits per heavy atom. The maximum atomic E-state index is 10.5. The van der Waals surface area contributed by atoms with Crippen molar-refractivity contribution in [1.29, 1.82) is 0 Å². The zero-order chi connectivity index (χ0) is 5.82. The van der Waals surface area contributed by atoms with E-state index >= 15 is 0 Å². The Balaban J connectivity index is 2.27. The zero-order valence-corrected chi connectivity index (χ0v) is 5.33. The van der Waals surface area contributed by atoms with E-state index in [0.717, 1.165) is 18.6 Å². The molecule has 3 heteroatoms. The molecule has 1 radical (unpaired) electrons. The SMILES string of the molecule is O=C1[CH]CCCSN1. The average molecular weight is 130 g/mol. The van der Waals surface area contributed by atoms with Crippen LogP contribution in [0, 0.1) is 6.42 Å². The van der Waals surface area contributed by atoms with Crippen molar-refractivity contribution in [3.63, 3.8) is 0 Å². The Morgan fingerprint density at radius 3 is 3.50 bits per heavy atom. The normalized spacial score (nSPS) is 21.8. The lowest BCUT2D eigenvalue weighted by Crippen LogP contribution is -2.12. The van der Waals surface area contributed by atoms with E-state index in [-0.39, 0.29) is 5.91 Å². The van der Waals surface area contributed by atoms with Crippen molar-refractivity contribution in [2.24, 2.45) is 0 Å². The molecule has 0 aliphatic carbocycles. The van der Waals surface area contributed by atoms with Crippen molar-refractivity contribution in [1.82, 2.24) is 4.72 Å². The second kappa shape index (κ2) is 2.97. The molecule has 0 unspecified atom stereocenters. The topological polar surface area (TPSA) is 29.1 Å². The smallest absolute Gasteiger partial charge is 0.233 e. The van der Waals surface area contributed by atoms with Gasteiger partial charge in [-0.3, -0.25) is 9.52 Å². The number of carbonyl (C=O) groups is 1. The molecule has 0 aromatic rings. The molecule has 1 amide bonds. The van der Waals surface area contributed by atoms with Gasteiger partial charge in [-0.1, -0.05) is 11.9 Å². The molecule has 1 N–H and O–H groups in total. The predicted molar refractivity (Wildman–Crippen MR) is 34.1 cm³/mol. The van der Waals surface area contributed by atoms with Crippen molar-refractivity contribution in [3.05, 3.63) is 6.42 Å². The number of amides is 1. The molecule has 1 aliphatic rings. The van der Waals surface area contributed by atoms with E-state index in [4.69, 9.17) is 0 Å². The van der Waals surface area contributed by atoms with Crippen LogP contribution < -0.4 is 4.72 Å². The molecular formula is C5H8NOS. The minimum Gasteiger partial charge on any atom is -0.300 e. The first-order valence-electron chi connectivity index (χ1n) is 2.64. The number of nitrogens with one attached hydrogen (secondary N) is 1. The molecule has 0 aromatic heterocycles. The molecule has 1 rings (SSSR count). The minimum atomic E-state index is 0.0625. The van der Waals surface area contributed by atoms with Gasteiger partial charge in [-0.15, -0.1) is 0 Å². The van der Waals surface area contributed by atoms with Gasteiger partial charge >= 0.3 is 0 Å². The fraction of sp³-hybridized carbons (Fsp3) is 0.600. The van der Waals surface area contributed by atoms with Gasteiger partial charge in [-0.2, -0.15) is 0 Å². The quantitative estimate of drug-likeness (QED) is 0.490. The van der Waals surface area contributed by atoms with Gasteiger partial charge in [0.15, 0.2) is 0 Å². The van der Waals surface area contributed by atoms with E-state index in [1.54, 1.807) is 6.42 Å². The number of rotatable bonds is 0. The van der Waals surface area contributed by atoms with Gasteiger partial charge in [0.25, 0.3) is 0 Å². The van der Waals surface area contributed by atoms with Crippen LogP contribution in [-0.4, -0.2) is 11.7 Å². The average Bonchev–Trinajstić information content (AvgIpc) is 1.94. The molecule has 45 valence electrons. The Bertz CT molecular complexity index is 84.4. The van der Waals surface area contributed by atoms with Crippen molar-refractivity contribution >= 4 is 17.9 Å². The largest absolute Gasteiger partial charge is 0.300 e. The van der Waals surface area contributed by atoms with Crippen molar-refractivity contribution in [2.45, 2.75) is 12.8 Å². The highest BCUT2D eigenvalue weighted by Gasteiger charge is 2.04. The van der Waals surface area contributed by atoms with Crippen molar-refractivity contribution in [2.75, 3.05) is 5.75 Å². The summed E-state index contributed by atoms with van der Waals surface area (Å²) in [6.07, 6.45) is 3.74. The highest BCUT2D eigenvalue weighted by atomic mass is 32.2. The summed E-state index contributed by atoms with van der Waals surface area (Å²) in [5, 5.41) is 0. The van der Waals surface area contributed by atoms with Crippen LogP contribution in [0.3, 0.4) is 0 Å². The third-order valence-corrected chi connectivity index (χ3v) is 1.79. The lowest BCUT2D eigenvalue weighted by atomic mass is 10.2. The van der Waals surface area contributed by atoms with E-state index in [1.165, 1.54) is 11.9 Å². The fourth-order valence-corrected chi connectivity index (χ4v) is 1.19. The second-order valence-corrected chi connectivity index (χ2v) is 2.56. The lowest BCUT2D eigenvalue weighted by Gasteiger charge is -1.92. The molecule has 1 fully saturated rings. The fourth-order valence-electron chi connectivity index (χ4n) is 0.552. The van der Waals surface area contributed by atoms with Crippen LogP contribution in [0.15, 0.2) is 0 Å². The summed E-state index contributed by atoms with van der Waals surface area (Å²) in [4.78, 5) is 10.5. The standard InChI is InChI=1S/C5H8NOS/c7-5-3-1-2-4-8-6-5/h3H,1-2,4H2,(H,6,7). The first-order chi connectivity index (χ1) is 3.89. The van der Waals surface area contributed by atoms with Gasteiger partial charge in [0.1, 0.15) is 0 Å². The molecule has 0 bridgehead atoms. The van der Waals surface area contributed by atoms with E-state index in [9.17, 15) is 4.79 Å². The van der Waals surface area contributed by atoms with Crippen LogP contribution in [0.1, 0.15) is 12.8 Å². The van der Waals surface area contributed by atoms with Crippen LogP contribution in [0.25, 0.3) is 0 Å². The summed E-state index contributed by atoms with van der Waals surface area (Å²) in [5.41, 5.74) is 0.